The van der Waals surface area contributed by atoms with Gasteiger partial charge in [0.1, 0.15) is 5.82 Å². The first kappa shape index (κ1) is 11.0. The maximum atomic E-state index is 5.52. The highest BCUT2D eigenvalue weighted by Crippen LogP contribution is 2.21. The molecule has 4 heteroatoms. The monoisotopic (exact) mass is 231 g/mol. The maximum Gasteiger partial charge on any atom is 0.138 e. The van der Waals surface area contributed by atoms with Crippen molar-refractivity contribution in [2.45, 2.75) is 17.6 Å². The molecule has 0 radical (unpaired) electrons. The number of nitrogens with zero attached hydrogens (tertiary/aromatic N) is 2. The molecule has 0 aliphatic carbocycles. The number of benzene rings is 1. The summed E-state index contributed by atoms with van der Waals surface area (Å²) in [5.41, 5.74) is 7.39. The largest absolute Gasteiger partial charge is 0.396 e. The zero-order chi connectivity index (χ0) is 11.4. The SMILES string of the molecule is Cc1cccc(SCc2ncc(N)cn2)c1. The highest BCUT2D eigenvalue weighted by Gasteiger charge is 1.98. The van der Waals surface area contributed by atoms with E-state index >= 15 is 0 Å². The van der Waals surface area contributed by atoms with Crippen LogP contribution in [0.2, 0.25) is 0 Å². The molecule has 0 atom stereocenters. The van der Waals surface area contributed by atoms with Crippen molar-refractivity contribution in [2.24, 2.45) is 0 Å². The van der Waals surface area contributed by atoms with E-state index in [9.17, 15) is 0 Å². The van der Waals surface area contributed by atoms with Gasteiger partial charge in [-0.25, -0.2) is 9.97 Å². The minimum atomic E-state index is 0.601. The van der Waals surface area contributed by atoms with Gasteiger partial charge in [-0.1, -0.05) is 17.7 Å². The van der Waals surface area contributed by atoms with E-state index in [1.165, 1.54) is 10.5 Å². The molecule has 2 rings (SSSR count). The Morgan fingerprint density at radius 2 is 2.00 bits per heavy atom. The first-order chi connectivity index (χ1) is 7.74. The average molecular weight is 231 g/mol. The lowest BCUT2D eigenvalue weighted by molar-refractivity contribution is 1.04. The standard InChI is InChI=1S/C12H13N3S/c1-9-3-2-4-11(5-9)16-8-12-14-6-10(13)7-15-12/h2-7H,8,13H2,1H3. The van der Waals surface area contributed by atoms with Crippen molar-refractivity contribution in [3.8, 4) is 0 Å². The predicted octanol–water partition coefficient (Wildman–Crippen LogP) is 2.66. The number of hydrogen-bond donors (Lipinski definition) is 1. The average Bonchev–Trinajstić information content (AvgIpc) is 2.28. The summed E-state index contributed by atoms with van der Waals surface area (Å²) >= 11 is 1.73. The van der Waals surface area contributed by atoms with Crippen LogP contribution in [0.3, 0.4) is 0 Å². The number of nitrogens with two attached hydrogens (primary N) is 1. The number of anilines is 1. The van der Waals surface area contributed by atoms with Crippen LogP contribution < -0.4 is 5.73 Å². The van der Waals surface area contributed by atoms with Crippen LogP contribution in [-0.4, -0.2) is 9.97 Å². The molecule has 0 bridgehead atoms. The van der Waals surface area contributed by atoms with Crippen molar-refractivity contribution < 1.29 is 0 Å². The number of aromatic nitrogens is 2. The molecule has 1 aromatic carbocycles. The summed E-state index contributed by atoms with van der Waals surface area (Å²) in [6.07, 6.45) is 3.28. The molecule has 2 aromatic rings. The Kier molecular flexibility index (Phi) is 3.41. The molecule has 0 aliphatic heterocycles. The summed E-state index contributed by atoms with van der Waals surface area (Å²) in [6, 6.07) is 8.39. The van der Waals surface area contributed by atoms with Crippen molar-refractivity contribution in [2.75, 3.05) is 5.73 Å². The second kappa shape index (κ2) is 4.99. The number of thioether (sulfide) groups is 1. The van der Waals surface area contributed by atoms with Crippen LogP contribution in [0, 0.1) is 6.92 Å². The van der Waals surface area contributed by atoms with Crippen molar-refractivity contribution in [3.05, 3.63) is 48.0 Å². The molecule has 0 fully saturated rings. The van der Waals surface area contributed by atoms with Gasteiger partial charge in [0, 0.05) is 4.90 Å². The molecule has 1 heterocycles. The normalized spacial score (nSPS) is 10.3. The predicted molar refractivity (Wildman–Crippen MR) is 67.2 cm³/mol. The maximum absolute atomic E-state index is 5.52. The van der Waals surface area contributed by atoms with Crippen LogP contribution in [0.5, 0.6) is 0 Å². The van der Waals surface area contributed by atoms with E-state index in [1.54, 1.807) is 24.2 Å². The quantitative estimate of drug-likeness (QED) is 0.825. The Morgan fingerprint density at radius 3 is 2.69 bits per heavy atom. The molecule has 2 N–H and O–H groups in total. The summed E-state index contributed by atoms with van der Waals surface area (Å²) in [7, 11) is 0. The zero-order valence-corrected chi connectivity index (χ0v) is 9.87. The topological polar surface area (TPSA) is 51.8 Å². The summed E-state index contributed by atoms with van der Waals surface area (Å²) in [4.78, 5) is 9.55. The zero-order valence-electron chi connectivity index (χ0n) is 9.05. The highest BCUT2D eigenvalue weighted by atomic mass is 32.2. The molecule has 0 spiro atoms. The van der Waals surface area contributed by atoms with Crippen LogP contribution in [0.25, 0.3) is 0 Å². The fourth-order valence-electron chi connectivity index (χ4n) is 1.29. The van der Waals surface area contributed by atoms with Crippen molar-refractivity contribution >= 4 is 17.4 Å². The molecule has 0 saturated carbocycles. The van der Waals surface area contributed by atoms with E-state index in [2.05, 4.69) is 41.2 Å². The van der Waals surface area contributed by atoms with Gasteiger partial charge >= 0.3 is 0 Å². The van der Waals surface area contributed by atoms with E-state index in [0.717, 1.165) is 11.6 Å². The van der Waals surface area contributed by atoms with Gasteiger partial charge < -0.3 is 5.73 Å². The van der Waals surface area contributed by atoms with E-state index in [4.69, 9.17) is 5.73 Å². The van der Waals surface area contributed by atoms with E-state index in [-0.39, 0.29) is 0 Å². The van der Waals surface area contributed by atoms with E-state index < -0.39 is 0 Å². The molecule has 1 aromatic heterocycles. The van der Waals surface area contributed by atoms with Gasteiger partial charge in [-0.15, -0.1) is 11.8 Å². The molecule has 82 valence electrons. The molecule has 0 saturated heterocycles. The van der Waals surface area contributed by atoms with E-state index in [1.807, 2.05) is 0 Å². The Bertz CT molecular complexity index is 468. The molecule has 3 nitrogen and oxygen atoms in total. The number of rotatable bonds is 3. The summed E-state index contributed by atoms with van der Waals surface area (Å²) < 4.78 is 0. The van der Waals surface area contributed by atoms with Crippen molar-refractivity contribution in [1.29, 1.82) is 0 Å². The third-order valence-electron chi connectivity index (χ3n) is 2.08. The summed E-state index contributed by atoms with van der Waals surface area (Å²) in [5.74, 6) is 1.57. The fraction of sp³-hybridized carbons (Fsp3) is 0.167. The Morgan fingerprint density at radius 1 is 1.25 bits per heavy atom. The van der Waals surface area contributed by atoms with Gasteiger partial charge in [-0.3, -0.25) is 0 Å². The van der Waals surface area contributed by atoms with Gasteiger partial charge in [0.05, 0.1) is 23.8 Å². The van der Waals surface area contributed by atoms with Crippen LogP contribution in [-0.2, 0) is 5.75 Å². The van der Waals surface area contributed by atoms with Crippen LogP contribution in [0.15, 0.2) is 41.6 Å². The Balaban J connectivity index is 1.99. The smallest absolute Gasteiger partial charge is 0.138 e. The van der Waals surface area contributed by atoms with Gasteiger partial charge in [0.15, 0.2) is 0 Å². The fourth-order valence-corrected chi connectivity index (χ4v) is 2.18. The van der Waals surface area contributed by atoms with Crippen LogP contribution >= 0.6 is 11.8 Å². The van der Waals surface area contributed by atoms with Gasteiger partial charge in [0.25, 0.3) is 0 Å². The van der Waals surface area contributed by atoms with Gasteiger partial charge in [0.2, 0.25) is 0 Å². The minimum absolute atomic E-state index is 0.601. The van der Waals surface area contributed by atoms with Crippen LogP contribution in [0.1, 0.15) is 11.4 Å². The summed E-state index contributed by atoms with van der Waals surface area (Å²) in [5, 5.41) is 0. The molecule has 0 unspecified atom stereocenters. The van der Waals surface area contributed by atoms with Crippen LogP contribution in [0.4, 0.5) is 5.69 Å². The second-order valence-electron chi connectivity index (χ2n) is 3.54. The molecular weight excluding hydrogens is 218 g/mol. The first-order valence-electron chi connectivity index (χ1n) is 5.00. The van der Waals surface area contributed by atoms with Crippen molar-refractivity contribution in [1.82, 2.24) is 9.97 Å². The van der Waals surface area contributed by atoms with Gasteiger partial charge in [-0.2, -0.15) is 0 Å². The van der Waals surface area contributed by atoms with Gasteiger partial charge in [-0.05, 0) is 19.1 Å². The molecular formula is C12H13N3S. The third-order valence-corrected chi connectivity index (χ3v) is 3.07. The molecule has 0 amide bonds. The molecule has 0 aliphatic rings. The second-order valence-corrected chi connectivity index (χ2v) is 4.59. The minimum Gasteiger partial charge on any atom is -0.396 e. The molecule has 16 heavy (non-hydrogen) atoms. The number of aryl methyl sites for hydroxylation is 1. The number of nitrogen functional groups attached to an aromatic ring is 1. The number of hydrogen-bond acceptors (Lipinski definition) is 4. The Labute approximate surface area is 99.1 Å². The highest BCUT2D eigenvalue weighted by molar-refractivity contribution is 7.98. The Hall–Kier alpha value is -1.55. The lowest BCUT2D eigenvalue weighted by Gasteiger charge is -2.02. The summed E-state index contributed by atoms with van der Waals surface area (Å²) in [6.45, 7) is 2.09. The van der Waals surface area contributed by atoms with E-state index in [0.29, 0.717) is 5.69 Å². The third kappa shape index (κ3) is 2.97. The lowest BCUT2D eigenvalue weighted by atomic mass is 10.2. The first-order valence-corrected chi connectivity index (χ1v) is 5.98. The lowest BCUT2D eigenvalue weighted by Crippen LogP contribution is -1.94. The van der Waals surface area contributed by atoms with Crippen molar-refractivity contribution in [3.63, 3.8) is 0 Å².